The van der Waals surface area contributed by atoms with Gasteiger partial charge in [0.2, 0.25) is 0 Å². The maximum absolute atomic E-state index is 13.5. The molecule has 0 aliphatic carbocycles. The number of rotatable bonds is 12. The molecule has 5 rings (SSSR count). The summed E-state index contributed by atoms with van der Waals surface area (Å²) in [6.45, 7) is 4.69. The van der Waals surface area contributed by atoms with E-state index in [1.807, 2.05) is 0 Å². The molecule has 0 spiro atoms. The lowest BCUT2D eigenvalue weighted by Gasteiger charge is -2.41. The minimum Gasteiger partial charge on any atom is -0.356 e. The molecule has 2 unspecified atom stereocenters. The van der Waals surface area contributed by atoms with Crippen molar-refractivity contribution in [1.82, 2.24) is 10.1 Å². The molecule has 2 aliphatic rings. The van der Waals surface area contributed by atoms with E-state index in [4.69, 9.17) is 4.52 Å². The summed E-state index contributed by atoms with van der Waals surface area (Å²) in [6.07, 6.45) is 13.4. The van der Waals surface area contributed by atoms with Gasteiger partial charge < -0.3 is 4.52 Å². The van der Waals surface area contributed by atoms with Gasteiger partial charge in [-0.25, -0.2) is 4.39 Å². The van der Waals surface area contributed by atoms with Crippen LogP contribution in [0.3, 0.4) is 0 Å². The zero-order valence-corrected chi connectivity index (χ0v) is 24.5. The number of benzene rings is 2. The first-order valence-corrected chi connectivity index (χ1v) is 16.9. The molecular weight excluding hydrogens is 511 g/mol. The van der Waals surface area contributed by atoms with Gasteiger partial charge in [0.25, 0.3) is 0 Å². The third-order valence-corrected chi connectivity index (χ3v) is 11.4. The standard InChI is InChI=1S/C32H43FN2OS2/c1-2-8-27(25-14-11-24(12-15-25)13-18-32-37-21-7-22-38-32)30-10-4-6-20-35(30)19-5-3-9-29-28-17-16-26(33)23-31(28)36-34-29/h11-12,14-17,23,27,30,32H,2-10,13,18-22H2,1H3. The lowest BCUT2D eigenvalue weighted by molar-refractivity contribution is 0.119. The van der Waals surface area contributed by atoms with Crippen molar-refractivity contribution in [3.8, 4) is 0 Å². The molecule has 0 radical (unpaired) electrons. The fourth-order valence-electron chi connectivity index (χ4n) is 6.31. The van der Waals surface area contributed by atoms with Gasteiger partial charge in [0.1, 0.15) is 5.82 Å². The maximum atomic E-state index is 13.5. The topological polar surface area (TPSA) is 29.3 Å². The Morgan fingerprint density at radius 3 is 2.68 bits per heavy atom. The molecule has 2 atom stereocenters. The first kappa shape index (κ1) is 28.0. The third kappa shape index (κ3) is 7.37. The van der Waals surface area contributed by atoms with Gasteiger partial charge in [-0.3, -0.25) is 4.90 Å². The number of nitrogens with zero attached hydrogens (tertiary/aromatic N) is 2. The van der Waals surface area contributed by atoms with E-state index in [0.29, 0.717) is 17.5 Å². The second kappa shape index (κ2) is 14.2. The second-order valence-corrected chi connectivity index (χ2v) is 13.9. The summed E-state index contributed by atoms with van der Waals surface area (Å²) in [4.78, 5) is 2.78. The molecule has 3 nitrogen and oxygen atoms in total. The van der Waals surface area contributed by atoms with Gasteiger partial charge in [-0.2, -0.15) is 0 Å². The molecule has 2 aliphatic heterocycles. The second-order valence-electron chi connectivity index (χ2n) is 11.0. The Bertz CT molecular complexity index is 1130. The highest BCUT2D eigenvalue weighted by Crippen LogP contribution is 2.36. The normalized spacial score (nSPS) is 20.2. The number of unbranched alkanes of at least 4 members (excludes halogenated alkanes) is 1. The zero-order chi connectivity index (χ0) is 26.2. The van der Waals surface area contributed by atoms with Crippen molar-refractivity contribution in [1.29, 1.82) is 0 Å². The third-order valence-electron chi connectivity index (χ3n) is 8.32. The average Bonchev–Trinajstić information content (AvgIpc) is 3.36. The Morgan fingerprint density at radius 2 is 1.87 bits per heavy atom. The van der Waals surface area contributed by atoms with Gasteiger partial charge >= 0.3 is 0 Å². The Labute approximate surface area is 236 Å². The van der Waals surface area contributed by atoms with Crippen molar-refractivity contribution < 1.29 is 8.91 Å². The number of halogens is 1. The van der Waals surface area contributed by atoms with Crippen molar-refractivity contribution in [2.24, 2.45) is 0 Å². The highest BCUT2D eigenvalue weighted by Gasteiger charge is 2.30. The summed E-state index contributed by atoms with van der Waals surface area (Å²) in [5, 5.41) is 5.17. The van der Waals surface area contributed by atoms with Crippen LogP contribution in [0.1, 0.15) is 87.4 Å². The molecule has 2 saturated heterocycles. The van der Waals surface area contributed by atoms with Gasteiger partial charge in [0, 0.05) is 17.5 Å². The zero-order valence-electron chi connectivity index (χ0n) is 22.9. The quantitative estimate of drug-likeness (QED) is 0.209. The van der Waals surface area contributed by atoms with Crippen LogP contribution in [0.4, 0.5) is 4.39 Å². The molecule has 0 amide bonds. The molecule has 0 N–H and O–H groups in total. The van der Waals surface area contributed by atoms with Crippen molar-refractivity contribution in [2.45, 2.75) is 94.1 Å². The van der Waals surface area contributed by atoms with Gasteiger partial charge in [-0.1, -0.05) is 49.2 Å². The van der Waals surface area contributed by atoms with Crippen LogP contribution in [0.5, 0.6) is 0 Å². The molecule has 2 aromatic carbocycles. The van der Waals surface area contributed by atoms with E-state index in [0.717, 1.165) is 41.5 Å². The van der Waals surface area contributed by atoms with Gasteiger partial charge in [0.15, 0.2) is 5.58 Å². The molecule has 0 bridgehead atoms. The van der Waals surface area contributed by atoms with Crippen molar-refractivity contribution in [2.75, 3.05) is 24.6 Å². The van der Waals surface area contributed by atoms with Crippen LogP contribution in [0.25, 0.3) is 11.0 Å². The van der Waals surface area contributed by atoms with E-state index in [9.17, 15) is 4.39 Å². The van der Waals surface area contributed by atoms with Crippen LogP contribution in [0, 0.1) is 5.82 Å². The minimum absolute atomic E-state index is 0.273. The lowest BCUT2D eigenvalue weighted by atomic mass is 9.82. The molecule has 3 aromatic rings. The van der Waals surface area contributed by atoms with Crippen LogP contribution in [0.15, 0.2) is 47.0 Å². The Kier molecular flexibility index (Phi) is 10.5. The number of hydrogen-bond donors (Lipinski definition) is 0. The summed E-state index contributed by atoms with van der Waals surface area (Å²) < 4.78 is 19.6. The molecule has 1 aromatic heterocycles. The number of likely N-dealkylation sites (tertiary alicyclic amines) is 1. The molecule has 0 saturated carbocycles. The molecule has 2 fully saturated rings. The number of piperidine rings is 1. The Morgan fingerprint density at radius 1 is 1.03 bits per heavy atom. The predicted molar refractivity (Wildman–Crippen MR) is 162 cm³/mol. The van der Waals surface area contributed by atoms with Crippen molar-refractivity contribution in [3.05, 3.63) is 65.1 Å². The summed E-state index contributed by atoms with van der Waals surface area (Å²) in [5.74, 6) is 3.02. The van der Waals surface area contributed by atoms with E-state index < -0.39 is 0 Å². The minimum atomic E-state index is -0.273. The summed E-state index contributed by atoms with van der Waals surface area (Å²) in [5.41, 5.74) is 4.55. The fraction of sp³-hybridized carbons (Fsp3) is 0.594. The van der Waals surface area contributed by atoms with Gasteiger partial charge in [-0.05, 0) is 112 Å². The molecule has 6 heteroatoms. The number of aromatic nitrogens is 1. The highest BCUT2D eigenvalue weighted by molar-refractivity contribution is 8.17. The van der Waals surface area contributed by atoms with E-state index in [-0.39, 0.29) is 5.82 Å². The monoisotopic (exact) mass is 554 g/mol. The van der Waals surface area contributed by atoms with Crippen LogP contribution >= 0.6 is 23.5 Å². The highest BCUT2D eigenvalue weighted by atomic mass is 32.2. The van der Waals surface area contributed by atoms with Crippen molar-refractivity contribution in [3.63, 3.8) is 0 Å². The lowest BCUT2D eigenvalue weighted by Crippen LogP contribution is -2.43. The summed E-state index contributed by atoms with van der Waals surface area (Å²) in [7, 11) is 0. The molecule has 38 heavy (non-hydrogen) atoms. The Balaban J connectivity index is 1.16. The average molecular weight is 555 g/mol. The van der Waals surface area contributed by atoms with E-state index in [1.54, 1.807) is 6.07 Å². The SMILES string of the molecule is CCCC(c1ccc(CCC2SCCCS2)cc1)C1CCCCN1CCCCc1noc2cc(F)ccc12. The smallest absolute Gasteiger partial charge is 0.170 e. The largest absolute Gasteiger partial charge is 0.356 e. The first-order chi connectivity index (χ1) is 18.7. The molecular formula is C32H43FN2OS2. The van der Waals surface area contributed by atoms with Gasteiger partial charge in [0.05, 0.1) is 10.3 Å². The van der Waals surface area contributed by atoms with E-state index in [1.165, 1.54) is 92.7 Å². The number of fused-ring (bicyclic) bond motifs is 1. The van der Waals surface area contributed by atoms with Crippen LogP contribution in [-0.2, 0) is 12.8 Å². The number of aryl methyl sites for hydroxylation is 2. The summed E-state index contributed by atoms with van der Waals surface area (Å²) in [6, 6.07) is 15.1. The van der Waals surface area contributed by atoms with Gasteiger partial charge in [-0.15, -0.1) is 23.5 Å². The number of hydrogen-bond acceptors (Lipinski definition) is 5. The van der Waals surface area contributed by atoms with Crippen LogP contribution in [0.2, 0.25) is 0 Å². The van der Waals surface area contributed by atoms with E-state index in [2.05, 4.69) is 64.8 Å². The maximum Gasteiger partial charge on any atom is 0.170 e. The van der Waals surface area contributed by atoms with Crippen LogP contribution < -0.4 is 0 Å². The predicted octanol–water partition coefficient (Wildman–Crippen LogP) is 8.86. The first-order valence-electron chi connectivity index (χ1n) is 14.8. The molecule has 3 heterocycles. The Hall–Kier alpha value is -1.50. The number of thioether (sulfide) groups is 2. The fourth-order valence-corrected chi connectivity index (χ4v) is 9.17. The van der Waals surface area contributed by atoms with E-state index >= 15 is 0 Å². The summed E-state index contributed by atoms with van der Waals surface area (Å²) >= 11 is 4.32. The van der Waals surface area contributed by atoms with Crippen molar-refractivity contribution >= 4 is 34.5 Å². The molecule has 206 valence electrons. The van der Waals surface area contributed by atoms with Crippen LogP contribution in [-0.4, -0.2) is 45.3 Å².